The van der Waals surface area contributed by atoms with E-state index in [9.17, 15) is 0 Å². The molecule has 0 spiro atoms. The van der Waals surface area contributed by atoms with Gasteiger partial charge in [-0.1, -0.05) is 18.2 Å². The first kappa shape index (κ1) is 14.9. The predicted molar refractivity (Wildman–Crippen MR) is 89.2 cm³/mol. The first-order valence-corrected chi connectivity index (χ1v) is 9.01. The Labute approximate surface area is 131 Å². The van der Waals surface area contributed by atoms with Crippen molar-refractivity contribution in [3.05, 3.63) is 6.07 Å². The number of rotatable bonds is 4. The molecule has 1 aromatic rings. The zero-order chi connectivity index (χ0) is 14.8. The van der Waals surface area contributed by atoms with Crippen LogP contribution in [-0.4, -0.2) is 53.3 Å². The van der Waals surface area contributed by atoms with Crippen molar-refractivity contribution in [2.75, 3.05) is 31.0 Å². The fraction of sp³-hybridized carbons (Fsp3) is 0.733. The summed E-state index contributed by atoms with van der Waals surface area (Å²) in [6.07, 6.45) is 8.53. The van der Waals surface area contributed by atoms with Crippen LogP contribution in [0.1, 0.15) is 32.1 Å². The van der Waals surface area contributed by atoms with E-state index in [1.54, 1.807) is 11.8 Å². The summed E-state index contributed by atoms with van der Waals surface area (Å²) < 4.78 is 0. The van der Waals surface area contributed by atoms with Crippen LogP contribution in [0.5, 0.6) is 0 Å². The highest BCUT2D eigenvalue weighted by atomic mass is 32.2. The van der Waals surface area contributed by atoms with Crippen LogP contribution in [0.2, 0.25) is 0 Å². The van der Waals surface area contributed by atoms with E-state index in [-0.39, 0.29) is 0 Å². The van der Waals surface area contributed by atoms with Crippen LogP contribution in [0, 0.1) is 0 Å². The van der Waals surface area contributed by atoms with E-state index in [2.05, 4.69) is 32.5 Å². The Morgan fingerprint density at radius 1 is 1.19 bits per heavy atom. The summed E-state index contributed by atoms with van der Waals surface area (Å²) in [5, 5.41) is 7.58. The largest absolute Gasteiger partial charge is 0.373 e. The number of hydrogen-bond donors (Lipinski definition) is 2. The zero-order valence-corrected chi connectivity index (χ0v) is 13.9. The second kappa shape index (κ2) is 6.40. The van der Waals surface area contributed by atoms with Gasteiger partial charge in [0, 0.05) is 31.2 Å². The molecule has 2 N–H and O–H groups in total. The molecule has 6 heteroatoms. The quantitative estimate of drug-likeness (QED) is 0.659. The molecule has 0 radical (unpaired) electrons. The maximum absolute atomic E-state index is 4.59. The smallest absolute Gasteiger partial charge is 0.191 e. The van der Waals surface area contributed by atoms with Crippen molar-refractivity contribution < 1.29 is 0 Å². The zero-order valence-electron chi connectivity index (χ0n) is 13.1. The summed E-state index contributed by atoms with van der Waals surface area (Å²) in [7, 11) is 4.19. The average Bonchev–Trinajstić information content (AvgIpc) is 2.48. The summed E-state index contributed by atoms with van der Waals surface area (Å²) in [5.41, 5.74) is 0. The van der Waals surface area contributed by atoms with Gasteiger partial charge in [0.05, 0.1) is 0 Å². The Kier molecular flexibility index (Phi) is 4.54. The van der Waals surface area contributed by atoms with E-state index >= 15 is 0 Å². The molecule has 2 unspecified atom stereocenters. The first-order chi connectivity index (χ1) is 10.2. The van der Waals surface area contributed by atoms with Gasteiger partial charge in [0.1, 0.15) is 11.6 Å². The average molecular weight is 307 g/mol. The Morgan fingerprint density at radius 3 is 2.48 bits per heavy atom. The first-order valence-electron chi connectivity index (χ1n) is 7.79. The Morgan fingerprint density at radius 2 is 1.86 bits per heavy atom. The number of fused-ring (bicyclic) bond motifs is 2. The lowest BCUT2D eigenvalue weighted by molar-refractivity contribution is 0.0608. The molecule has 3 heterocycles. The van der Waals surface area contributed by atoms with Crippen LogP contribution in [0.4, 0.5) is 11.6 Å². The SMILES string of the molecule is CNc1cc(NC2CC3CCCC(C2)N3C)nc(SC)n1. The van der Waals surface area contributed by atoms with Gasteiger partial charge in [0.2, 0.25) is 0 Å². The Balaban J connectivity index is 1.72. The molecule has 5 nitrogen and oxygen atoms in total. The van der Waals surface area contributed by atoms with Gasteiger partial charge >= 0.3 is 0 Å². The number of nitrogens with one attached hydrogen (secondary N) is 2. The van der Waals surface area contributed by atoms with E-state index in [0.717, 1.165) is 28.9 Å². The van der Waals surface area contributed by atoms with Crippen molar-refractivity contribution in [2.45, 2.75) is 55.4 Å². The van der Waals surface area contributed by atoms with Gasteiger partial charge in [-0.25, -0.2) is 9.97 Å². The molecule has 0 aliphatic carbocycles. The van der Waals surface area contributed by atoms with E-state index in [1.807, 2.05) is 19.4 Å². The molecular weight excluding hydrogens is 282 g/mol. The molecule has 2 aliphatic rings. The van der Waals surface area contributed by atoms with E-state index in [4.69, 9.17) is 0 Å². The van der Waals surface area contributed by atoms with Gasteiger partial charge in [0.25, 0.3) is 0 Å². The monoisotopic (exact) mass is 307 g/mol. The summed E-state index contributed by atoms with van der Waals surface area (Å²) in [5.74, 6) is 1.83. The highest BCUT2D eigenvalue weighted by molar-refractivity contribution is 7.98. The third kappa shape index (κ3) is 3.26. The van der Waals surface area contributed by atoms with Crippen molar-refractivity contribution in [2.24, 2.45) is 0 Å². The molecule has 2 aliphatic heterocycles. The molecule has 116 valence electrons. The normalized spacial score (nSPS) is 29.2. The maximum atomic E-state index is 4.59. The standard InChI is InChI=1S/C15H25N5S/c1-16-13-9-14(19-15(18-13)21-3)17-10-7-11-5-4-6-12(8-10)20(11)2/h9-12H,4-8H2,1-3H3,(H2,16,17,18,19). The second-order valence-corrected chi connectivity index (χ2v) is 6.87. The number of nitrogens with zero attached hydrogens (tertiary/aromatic N) is 3. The number of hydrogen-bond acceptors (Lipinski definition) is 6. The highest BCUT2D eigenvalue weighted by Gasteiger charge is 2.35. The molecule has 0 saturated carbocycles. The predicted octanol–water partition coefficient (Wildman–Crippen LogP) is 2.67. The van der Waals surface area contributed by atoms with E-state index in [0.29, 0.717) is 6.04 Å². The Hall–Kier alpha value is -1.01. The van der Waals surface area contributed by atoms with Gasteiger partial charge in [-0.3, -0.25) is 0 Å². The minimum atomic E-state index is 0.533. The molecule has 0 amide bonds. The fourth-order valence-electron chi connectivity index (χ4n) is 3.66. The van der Waals surface area contributed by atoms with Crippen molar-refractivity contribution in [1.82, 2.24) is 14.9 Å². The van der Waals surface area contributed by atoms with Crippen LogP contribution in [0.15, 0.2) is 11.2 Å². The minimum absolute atomic E-state index is 0.533. The van der Waals surface area contributed by atoms with Crippen molar-refractivity contribution in [3.63, 3.8) is 0 Å². The van der Waals surface area contributed by atoms with Crippen LogP contribution in [0.3, 0.4) is 0 Å². The summed E-state index contributed by atoms with van der Waals surface area (Å²) in [6, 6.07) is 4.01. The van der Waals surface area contributed by atoms with Crippen LogP contribution in [-0.2, 0) is 0 Å². The van der Waals surface area contributed by atoms with Gasteiger partial charge in [0.15, 0.2) is 5.16 Å². The summed E-state index contributed by atoms with van der Waals surface area (Å²) in [6.45, 7) is 0. The fourth-order valence-corrected chi connectivity index (χ4v) is 4.04. The van der Waals surface area contributed by atoms with Gasteiger partial charge in [-0.2, -0.15) is 0 Å². The summed E-state index contributed by atoms with van der Waals surface area (Å²) in [4.78, 5) is 11.6. The van der Waals surface area contributed by atoms with E-state index in [1.165, 1.54) is 32.1 Å². The lowest BCUT2D eigenvalue weighted by atomic mass is 9.82. The van der Waals surface area contributed by atoms with Crippen LogP contribution < -0.4 is 10.6 Å². The third-order valence-electron chi connectivity index (χ3n) is 4.84. The van der Waals surface area contributed by atoms with Crippen molar-refractivity contribution >= 4 is 23.4 Å². The van der Waals surface area contributed by atoms with E-state index < -0.39 is 0 Å². The maximum Gasteiger partial charge on any atom is 0.191 e. The number of piperidine rings is 2. The van der Waals surface area contributed by atoms with Crippen molar-refractivity contribution in [1.29, 1.82) is 0 Å². The lowest BCUT2D eigenvalue weighted by Crippen LogP contribution is -2.52. The molecule has 2 atom stereocenters. The molecule has 0 aromatic carbocycles. The molecule has 3 rings (SSSR count). The lowest BCUT2D eigenvalue weighted by Gasteiger charge is -2.47. The van der Waals surface area contributed by atoms with Crippen LogP contribution >= 0.6 is 11.8 Å². The van der Waals surface area contributed by atoms with Gasteiger partial charge < -0.3 is 15.5 Å². The second-order valence-electron chi connectivity index (χ2n) is 6.09. The van der Waals surface area contributed by atoms with Gasteiger partial charge in [-0.05, 0) is 39.0 Å². The number of anilines is 2. The van der Waals surface area contributed by atoms with Crippen molar-refractivity contribution in [3.8, 4) is 0 Å². The molecule has 2 fully saturated rings. The molecule has 21 heavy (non-hydrogen) atoms. The topological polar surface area (TPSA) is 53.1 Å². The Bertz CT molecular complexity index is 459. The summed E-state index contributed by atoms with van der Waals surface area (Å²) >= 11 is 1.58. The number of aromatic nitrogens is 2. The molecule has 1 aromatic heterocycles. The minimum Gasteiger partial charge on any atom is -0.373 e. The number of thioether (sulfide) groups is 1. The van der Waals surface area contributed by atoms with Gasteiger partial charge in [-0.15, -0.1) is 0 Å². The molecule has 2 saturated heterocycles. The molecule has 2 bridgehead atoms. The molecular formula is C15H25N5S. The third-order valence-corrected chi connectivity index (χ3v) is 5.38. The highest BCUT2D eigenvalue weighted by Crippen LogP contribution is 2.34. The van der Waals surface area contributed by atoms with Crippen LogP contribution in [0.25, 0.3) is 0 Å².